The van der Waals surface area contributed by atoms with E-state index in [0.717, 1.165) is 38.2 Å². The quantitative estimate of drug-likeness (QED) is 0.574. The van der Waals surface area contributed by atoms with Crippen LogP contribution >= 0.6 is 11.8 Å². The van der Waals surface area contributed by atoms with Crippen LogP contribution in [0.5, 0.6) is 0 Å². The van der Waals surface area contributed by atoms with Crippen LogP contribution in [0.2, 0.25) is 0 Å². The zero-order chi connectivity index (χ0) is 14.6. The third-order valence-electron chi connectivity index (χ3n) is 3.29. The third-order valence-corrected chi connectivity index (χ3v) is 4.70. The molecule has 0 amide bonds. The summed E-state index contributed by atoms with van der Waals surface area (Å²) in [5.74, 6) is 0. The second kappa shape index (κ2) is 6.46. The second-order valence-corrected chi connectivity index (χ2v) is 6.10. The number of alkyl halides is 3. The van der Waals surface area contributed by atoms with E-state index in [1.807, 2.05) is 0 Å². The van der Waals surface area contributed by atoms with E-state index in [0.29, 0.717) is 0 Å². The van der Waals surface area contributed by atoms with Gasteiger partial charge in [0.05, 0.1) is 11.3 Å². The molecule has 1 aliphatic carbocycles. The summed E-state index contributed by atoms with van der Waals surface area (Å²) >= 11 is 1.28. The minimum atomic E-state index is -4.44. The van der Waals surface area contributed by atoms with Crippen molar-refractivity contribution in [3.63, 3.8) is 0 Å². The molecule has 0 bridgehead atoms. The van der Waals surface area contributed by atoms with Crippen molar-refractivity contribution in [2.45, 2.75) is 48.4 Å². The number of benzene rings is 1. The van der Waals surface area contributed by atoms with Gasteiger partial charge in [-0.05, 0) is 31.0 Å². The van der Waals surface area contributed by atoms with E-state index in [9.17, 15) is 18.0 Å². The Morgan fingerprint density at radius 2 is 1.90 bits per heavy atom. The topological polar surface area (TPSA) is 29.4 Å². The van der Waals surface area contributed by atoms with Crippen molar-refractivity contribution in [1.82, 2.24) is 0 Å². The van der Waals surface area contributed by atoms with Crippen LogP contribution in [0.3, 0.4) is 0 Å². The van der Waals surface area contributed by atoms with Crippen LogP contribution in [-0.2, 0) is 11.0 Å². The van der Waals surface area contributed by atoms with Crippen LogP contribution in [0.15, 0.2) is 28.1 Å². The maximum atomic E-state index is 13.1. The molecule has 0 N–H and O–H groups in total. The first-order valence-corrected chi connectivity index (χ1v) is 7.34. The summed E-state index contributed by atoms with van der Waals surface area (Å²) in [6.45, 7) is 0. The summed E-state index contributed by atoms with van der Waals surface area (Å²) in [6.07, 6.45) is 2.05. The molecule has 0 aromatic heterocycles. The second-order valence-electron chi connectivity index (χ2n) is 4.76. The van der Waals surface area contributed by atoms with Gasteiger partial charge in [0.15, 0.2) is 0 Å². The Bertz CT molecular complexity index is 518. The van der Waals surface area contributed by atoms with Gasteiger partial charge in [0, 0.05) is 10.1 Å². The molecule has 2 nitrogen and oxygen atoms in total. The number of hydrogen-bond donors (Lipinski definition) is 0. The number of halogens is 3. The molecule has 2 rings (SSSR count). The Kier molecular flexibility index (Phi) is 4.89. The molecule has 20 heavy (non-hydrogen) atoms. The molecule has 0 heterocycles. The molecule has 1 aromatic carbocycles. The Hall–Kier alpha value is -1.26. The maximum absolute atomic E-state index is 13.1. The Morgan fingerprint density at radius 1 is 1.20 bits per heavy atom. The lowest BCUT2D eigenvalue weighted by molar-refractivity contribution is -0.139. The lowest BCUT2D eigenvalue weighted by Gasteiger charge is -2.22. The first-order chi connectivity index (χ1) is 9.50. The highest BCUT2D eigenvalue weighted by Gasteiger charge is 2.34. The molecule has 0 radical (unpaired) electrons. The monoisotopic (exact) mass is 301 g/mol. The van der Waals surface area contributed by atoms with Crippen molar-refractivity contribution < 1.29 is 18.0 Å². The van der Waals surface area contributed by atoms with Crippen LogP contribution in [0.25, 0.3) is 0 Å². The van der Waals surface area contributed by atoms with E-state index in [4.69, 9.17) is 0 Å². The van der Waals surface area contributed by atoms with E-state index in [1.165, 1.54) is 30.0 Å². The predicted octanol–water partition coefficient (Wildman–Crippen LogP) is 5.10. The van der Waals surface area contributed by atoms with Crippen molar-refractivity contribution in [2.75, 3.05) is 0 Å². The van der Waals surface area contributed by atoms with Gasteiger partial charge in [0.2, 0.25) is 6.08 Å². The van der Waals surface area contributed by atoms with Crippen molar-refractivity contribution in [3.8, 4) is 0 Å². The van der Waals surface area contributed by atoms with E-state index in [2.05, 4.69) is 4.99 Å². The number of aliphatic imine (C=N–C) groups is 1. The van der Waals surface area contributed by atoms with Crippen LogP contribution in [0, 0.1) is 0 Å². The Labute approximate surface area is 119 Å². The molecule has 108 valence electrons. The molecule has 1 fully saturated rings. The van der Waals surface area contributed by atoms with Gasteiger partial charge >= 0.3 is 6.18 Å². The van der Waals surface area contributed by atoms with Crippen LogP contribution in [0.4, 0.5) is 18.9 Å². The number of rotatable bonds is 3. The average Bonchev–Trinajstić information content (AvgIpc) is 2.41. The number of thioether (sulfide) groups is 1. The molecule has 0 unspecified atom stereocenters. The SMILES string of the molecule is O=C=Nc1ccc(SC2CCCCC2)c(C(F)(F)F)c1. The van der Waals surface area contributed by atoms with Crippen molar-refractivity contribution in [1.29, 1.82) is 0 Å². The fourth-order valence-electron chi connectivity index (χ4n) is 2.33. The van der Waals surface area contributed by atoms with Gasteiger partial charge in [-0.15, -0.1) is 11.8 Å². The first kappa shape index (κ1) is 15.1. The average molecular weight is 301 g/mol. The van der Waals surface area contributed by atoms with E-state index in [1.54, 1.807) is 0 Å². The molecule has 1 saturated carbocycles. The van der Waals surface area contributed by atoms with Gasteiger partial charge in [0.25, 0.3) is 0 Å². The van der Waals surface area contributed by atoms with Crippen LogP contribution < -0.4 is 0 Å². The lowest BCUT2D eigenvalue weighted by Crippen LogP contribution is -2.11. The Morgan fingerprint density at radius 3 is 2.50 bits per heavy atom. The first-order valence-electron chi connectivity index (χ1n) is 6.46. The number of carbonyl (C=O) groups excluding carboxylic acids is 1. The summed E-state index contributed by atoms with van der Waals surface area (Å²) < 4.78 is 39.2. The third kappa shape index (κ3) is 3.87. The van der Waals surface area contributed by atoms with E-state index in [-0.39, 0.29) is 15.8 Å². The van der Waals surface area contributed by atoms with Crippen molar-refractivity contribution in [2.24, 2.45) is 4.99 Å². The number of hydrogen-bond acceptors (Lipinski definition) is 3. The smallest absolute Gasteiger partial charge is 0.211 e. The highest BCUT2D eigenvalue weighted by atomic mass is 32.2. The van der Waals surface area contributed by atoms with Crippen molar-refractivity contribution >= 4 is 23.5 Å². The molecule has 1 aliphatic rings. The summed E-state index contributed by atoms with van der Waals surface area (Å²) in [4.78, 5) is 13.6. The maximum Gasteiger partial charge on any atom is 0.417 e. The van der Waals surface area contributed by atoms with E-state index >= 15 is 0 Å². The fourth-order valence-corrected chi connectivity index (χ4v) is 3.70. The summed E-state index contributed by atoms with van der Waals surface area (Å²) in [7, 11) is 0. The molecular weight excluding hydrogens is 287 g/mol. The van der Waals surface area contributed by atoms with Crippen LogP contribution in [0.1, 0.15) is 37.7 Å². The van der Waals surface area contributed by atoms with Gasteiger partial charge in [-0.3, -0.25) is 0 Å². The normalized spacial score (nSPS) is 16.8. The number of nitrogens with zero attached hydrogens (tertiary/aromatic N) is 1. The van der Waals surface area contributed by atoms with Gasteiger partial charge in [0.1, 0.15) is 0 Å². The summed E-state index contributed by atoms with van der Waals surface area (Å²) in [5.41, 5.74) is -0.732. The lowest BCUT2D eigenvalue weighted by atomic mass is 10.0. The molecular formula is C14H14F3NOS. The van der Waals surface area contributed by atoms with Gasteiger partial charge in [-0.2, -0.15) is 18.2 Å². The van der Waals surface area contributed by atoms with Gasteiger partial charge in [-0.25, -0.2) is 4.79 Å². The molecule has 0 atom stereocenters. The minimum absolute atomic E-state index is 0.0136. The zero-order valence-corrected chi connectivity index (χ0v) is 11.6. The van der Waals surface area contributed by atoms with Gasteiger partial charge < -0.3 is 0 Å². The summed E-state index contributed by atoms with van der Waals surface area (Å²) in [5, 5.41) is 0.241. The minimum Gasteiger partial charge on any atom is -0.211 e. The highest BCUT2D eigenvalue weighted by Crippen LogP contribution is 2.42. The predicted molar refractivity (Wildman–Crippen MR) is 72.0 cm³/mol. The standard InChI is InChI=1S/C14H14F3NOS/c15-14(16,17)12-8-10(18-9-19)6-7-13(12)20-11-4-2-1-3-5-11/h6-8,11H,1-5H2. The molecule has 0 spiro atoms. The van der Waals surface area contributed by atoms with E-state index < -0.39 is 11.7 Å². The highest BCUT2D eigenvalue weighted by molar-refractivity contribution is 8.00. The molecule has 0 aliphatic heterocycles. The van der Waals surface area contributed by atoms with Gasteiger partial charge in [-0.1, -0.05) is 19.3 Å². The molecule has 0 saturated heterocycles. The van der Waals surface area contributed by atoms with Crippen LogP contribution in [-0.4, -0.2) is 11.3 Å². The molecule has 6 heteroatoms. The zero-order valence-electron chi connectivity index (χ0n) is 10.7. The Balaban J connectivity index is 2.28. The number of isocyanates is 1. The fraction of sp³-hybridized carbons (Fsp3) is 0.500. The van der Waals surface area contributed by atoms with Crippen molar-refractivity contribution in [3.05, 3.63) is 23.8 Å². The molecule has 1 aromatic rings. The largest absolute Gasteiger partial charge is 0.417 e. The summed E-state index contributed by atoms with van der Waals surface area (Å²) in [6, 6.07) is 3.74.